The molecular weight excluding hydrogens is 367 g/mol. The molecule has 2 rings (SSSR count). The van der Waals surface area contributed by atoms with E-state index in [1.165, 1.54) is 31.2 Å². The predicted molar refractivity (Wildman–Crippen MR) is 88.0 cm³/mol. The van der Waals surface area contributed by atoms with Gasteiger partial charge in [-0.3, -0.25) is 10.1 Å². The number of hydrogen-bond acceptors (Lipinski definition) is 6. The van der Waals surface area contributed by atoms with Crippen molar-refractivity contribution in [1.82, 2.24) is 0 Å². The van der Waals surface area contributed by atoms with Crippen molar-refractivity contribution in [1.29, 1.82) is 5.26 Å². The summed E-state index contributed by atoms with van der Waals surface area (Å²) in [5.41, 5.74) is -1.88. The molecule has 0 fully saturated rings. The van der Waals surface area contributed by atoms with Crippen LogP contribution in [-0.4, -0.2) is 16.9 Å². The zero-order valence-corrected chi connectivity index (χ0v) is 13.8. The van der Waals surface area contributed by atoms with E-state index in [1.807, 2.05) is 6.07 Å². The number of nitrogens with one attached hydrogen (secondary N) is 1. The number of rotatable bonds is 5. The molecule has 0 bridgehead atoms. The first-order valence-electron chi connectivity index (χ1n) is 7.46. The van der Waals surface area contributed by atoms with Crippen LogP contribution in [0.1, 0.15) is 18.1 Å². The van der Waals surface area contributed by atoms with E-state index >= 15 is 0 Å². The zero-order chi connectivity index (χ0) is 20.2. The van der Waals surface area contributed by atoms with Crippen molar-refractivity contribution >= 4 is 17.3 Å². The number of benzene rings is 2. The van der Waals surface area contributed by atoms with Crippen LogP contribution in [0.5, 0.6) is 5.75 Å². The molecule has 0 saturated carbocycles. The third-order valence-electron chi connectivity index (χ3n) is 3.45. The number of anilines is 1. The highest BCUT2D eigenvalue weighted by molar-refractivity contribution is 5.82. The van der Waals surface area contributed by atoms with E-state index < -0.39 is 34.4 Å². The van der Waals surface area contributed by atoms with E-state index in [0.29, 0.717) is 17.7 Å². The number of nitro benzene ring substituents is 1. The van der Waals surface area contributed by atoms with E-state index in [0.717, 1.165) is 6.07 Å². The average molecular weight is 379 g/mol. The topological polar surface area (TPSA) is 105 Å². The molecule has 7 nitrogen and oxygen atoms in total. The maximum Gasteiger partial charge on any atom is 0.416 e. The maximum absolute atomic E-state index is 12.7. The Hall–Kier alpha value is -3.61. The van der Waals surface area contributed by atoms with Gasteiger partial charge in [-0.1, -0.05) is 0 Å². The summed E-state index contributed by atoms with van der Waals surface area (Å²) in [7, 11) is 0. The second-order valence-electron chi connectivity index (χ2n) is 5.41. The third-order valence-corrected chi connectivity index (χ3v) is 3.45. The van der Waals surface area contributed by atoms with Crippen molar-refractivity contribution in [3.8, 4) is 11.8 Å². The van der Waals surface area contributed by atoms with Crippen molar-refractivity contribution in [2.45, 2.75) is 19.1 Å². The maximum atomic E-state index is 12.7. The number of nitro groups is 1. The first kappa shape index (κ1) is 19.7. The lowest BCUT2D eigenvalue weighted by Crippen LogP contribution is -2.30. The van der Waals surface area contributed by atoms with Gasteiger partial charge in [0.05, 0.1) is 22.1 Å². The van der Waals surface area contributed by atoms with Crippen LogP contribution >= 0.6 is 0 Å². The lowest BCUT2D eigenvalue weighted by molar-refractivity contribution is -0.384. The SMILES string of the molecule is C[C@H](Nc1ccc(C(F)(F)F)cc1[N+](=O)[O-])C(=O)Oc1ccc(C#N)cc1. The van der Waals surface area contributed by atoms with Crippen LogP contribution in [0.4, 0.5) is 24.5 Å². The number of esters is 1. The Balaban J connectivity index is 2.16. The Bertz CT molecular complexity index is 905. The number of hydrogen-bond donors (Lipinski definition) is 1. The van der Waals surface area contributed by atoms with Gasteiger partial charge >= 0.3 is 12.1 Å². The normalized spacial score (nSPS) is 12.0. The van der Waals surface area contributed by atoms with Gasteiger partial charge < -0.3 is 10.1 Å². The highest BCUT2D eigenvalue weighted by Crippen LogP contribution is 2.35. The van der Waals surface area contributed by atoms with Crippen LogP contribution in [0.25, 0.3) is 0 Å². The van der Waals surface area contributed by atoms with Gasteiger partial charge in [-0.05, 0) is 43.3 Å². The number of ether oxygens (including phenoxy) is 1. The Labute approximate surface area is 151 Å². The van der Waals surface area contributed by atoms with Gasteiger partial charge in [0, 0.05) is 6.07 Å². The number of carbonyl (C=O) groups excluding carboxylic acids is 1. The molecule has 27 heavy (non-hydrogen) atoms. The minimum Gasteiger partial charge on any atom is -0.425 e. The fourth-order valence-electron chi connectivity index (χ4n) is 2.08. The molecule has 0 aliphatic carbocycles. The van der Waals surface area contributed by atoms with E-state index in [1.54, 1.807) is 0 Å². The quantitative estimate of drug-likeness (QED) is 0.366. The lowest BCUT2D eigenvalue weighted by Gasteiger charge is -2.15. The summed E-state index contributed by atoms with van der Waals surface area (Å²) in [6.07, 6.45) is -4.73. The number of nitriles is 1. The van der Waals surface area contributed by atoms with Gasteiger partial charge in [-0.2, -0.15) is 18.4 Å². The first-order chi connectivity index (χ1) is 12.6. The molecule has 0 aliphatic heterocycles. The molecule has 0 heterocycles. The molecule has 2 aromatic carbocycles. The van der Waals surface area contributed by atoms with Gasteiger partial charge in [0.2, 0.25) is 0 Å². The summed E-state index contributed by atoms with van der Waals surface area (Å²) >= 11 is 0. The molecule has 0 spiro atoms. The highest BCUT2D eigenvalue weighted by atomic mass is 19.4. The number of nitrogens with zero attached hydrogens (tertiary/aromatic N) is 2. The fraction of sp³-hybridized carbons (Fsp3) is 0.176. The van der Waals surface area contributed by atoms with Gasteiger partial charge in [0.1, 0.15) is 17.5 Å². The first-order valence-corrected chi connectivity index (χ1v) is 7.46. The van der Waals surface area contributed by atoms with Crippen LogP contribution in [0.15, 0.2) is 42.5 Å². The minimum absolute atomic E-state index is 0.148. The second kappa shape index (κ2) is 7.74. The molecule has 1 atom stereocenters. The number of carbonyl (C=O) groups is 1. The largest absolute Gasteiger partial charge is 0.425 e. The van der Waals surface area contributed by atoms with Crippen LogP contribution in [-0.2, 0) is 11.0 Å². The molecule has 0 unspecified atom stereocenters. The predicted octanol–water partition coefficient (Wildman–Crippen LogP) is 3.89. The summed E-state index contributed by atoms with van der Waals surface area (Å²) in [6.45, 7) is 1.34. The van der Waals surface area contributed by atoms with Gasteiger partial charge in [-0.25, -0.2) is 4.79 Å². The second-order valence-corrected chi connectivity index (χ2v) is 5.41. The average Bonchev–Trinajstić information content (AvgIpc) is 2.61. The zero-order valence-electron chi connectivity index (χ0n) is 13.8. The monoisotopic (exact) mass is 379 g/mol. The van der Waals surface area contributed by atoms with Gasteiger partial charge in [0.25, 0.3) is 5.69 Å². The molecule has 0 radical (unpaired) electrons. The Kier molecular flexibility index (Phi) is 5.65. The van der Waals surface area contributed by atoms with Gasteiger partial charge in [-0.15, -0.1) is 0 Å². The number of alkyl halides is 3. The summed E-state index contributed by atoms with van der Waals surface area (Å²) in [5, 5.41) is 22.2. The summed E-state index contributed by atoms with van der Waals surface area (Å²) in [5.74, 6) is -0.663. The summed E-state index contributed by atoms with van der Waals surface area (Å²) in [6, 6.07) is 8.41. The molecule has 0 saturated heterocycles. The summed E-state index contributed by atoms with van der Waals surface area (Å²) in [4.78, 5) is 22.2. The van der Waals surface area contributed by atoms with Crippen LogP contribution in [0.2, 0.25) is 0 Å². The standard InChI is InChI=1S/C17H12F3N3O4/c1-10(16(24)27-13-5-2-11(9-21)3-6-13)22-14-7-4-12(17(18,19)20)8-15(14)23(25)26/h2-8,10,22H,1H3/t10-/m0/s1. The molecule has 2 aromatic rings. The Morgan fingerprint density at radius 3 is 2.41 bits per heavy atom. The molecule has 0 aliphatic rings. The van der Waals surface area contributed by atoms with Crippen molar-refractivity contribution in [2.75, 3.05) is 5.32 Å². The van der Waals surface area contributed by atoms with Crippen molar-refractivity contribution in [2.24, 2.45) is 0 Å². The van der Waals surface area contributed by atoms with E-state index in [4.69, 9.17) is 10.00 Å². The highest BCUT2D eigenvalue weighted by Gasteiger charge is 2.33. The molecule has 10 heteroatoms. The van der Waals surface area contributed by atoms with Crippen LogP contribution < -0.4 is 10.1 Å². The number of halogens is 3. The molecule has 1 N–H and O–H groups in total. The van der Waals surface area contributed by atoms with Crippen molar-refractivity contribution in [3.05, 3.63) is 63.7 Å². The third kappa shape index (κ3) is 4.94. The van der Waals surface area contributed by atoms with E-state index in [2.05, 4.69) is 5.32 Å². The summed E-state index contributed by atoms with van der Waals surface area (Å²) < 4.78 is 43.2. The van der Waals surface area contributed by atoms with Crippen LogP contribution in [0.3, 0.4) is 0 Å². The smallest absolute Gasteiger partial charge is 0.416 e. The molecular formula is C17H12F3N3O4. The van der Waals surface area contributed by atoms with Gasteiger partial charge in [0.15, 0.2) is 0 Å². The van der Waals surface area contributed by atoms with E-state index in [-0.39, 0.29) is 11.4 Å². The molecule has 0 amide bonds. The van der Waals surface area contributed by atoms with Crippen molar-refractivity contribution < 1.29 is 27.6 Å². The van der Waals surface area contributed by atoms with Crippen molar-refractivity contribution in [3.63, 3.8) is 0 Å². The van der Waals surface area contributed by atoms with Crippen LogP contribution in [0, 0.1) is 21.4 Å². The molecule has 0 aromatic heterocycles. The Morgan fingerprint density at radius 1 is 1.26 bits per heavy atom. The lowest BCUT2D eigenvalue weighted by atomic mass is 10.1. The molecule has 140 valence electrons. The fourth-order valence-corrected chi connectivity index (χ4v) is 2.08. The Morgan fingerprint density at radius 2 is 1.89 bits per heavy atom. The van der Waals surface area contributed by atoms with E-state index in [9.17, 15) is 28.1 Å². The minimum atomic E-state index is -4.73.